The molecule has 0 spiro atoms. The summed E-state index contributed by atoms with van der Waals surface area (Å²) in [5.74, 6) is 0. The molecule has 1 aliphatic heterocycles. The van der Waals surface area contributed by atoms with Gasteiger partial charge in [-0.2, -0.15) is 10.2 Å². The van der Waals surface area contributed by atoms with E-state index < -0.39 is 0 Å². The van der Waals surface area contributed by atoms with Gasteiger partial charge in [-0.05, 0) is 72.5 Å². The van der Waals surface area contributed by atoms with Gasteiger partial charge in [0.05, 0.1) is 11.4 Å². The summed E-state index contributed by atoms with van der Waals surface area (Å²) in [6.45, 7) is 6.15. The molecule has 0 unspecified atom stereocenters. The standard InChI is InChI=1S/C22H20BrN3/c1-15-11-21(26-13-17-5-3-4-6-18(17)14-26)12-16(2)22(15)25-24-20-9-7-19(23)8-10-20/h3-12H,13-14H2,1-2H3. The summed E-state index contributed by atoms with van der Waals surface area (Å²) < 4.78 is 1.04. The number of benzene rings is 3. The first-order valence-electron chi connectivity index (χ1n) is 8.70. The fraction of sp³-hybridized carbons (Fsp3) is 0.182. The molecule has 0 fully saturated rings. The summed E-state index contributed by atoms with van der Waals surface area (Å²) in [7, 11) is 0. The molecule has 0 radical (unpaired) electrons. The van der Waals surface area contributed by atoms with Crippen molar-refractivity contribution >= 4 is 33.0 Å². The van der Waals surface area contributed by atoms with Gasteiger partial charge in [-0.3, -0.25) is 0 Å². The molecule has 130 valence electrons. The topological polar surface area (TPSA) is 28.0 Å². The molecule has 0 bridgehead atoms. The van der Waals surface area contributed by atoms with E-state index in [1.54, 1.807) is 0 Å². The van der Waals surface area contributed by atoms with Crippen molar-refractivity contribution in [1.29, 1.82) is 0 Å². The third kappa shape index (κ3) is 3.42. The van der Waals surface area contributed by atoms with Crippen LogP contribution in [0, 0.1) is 13.8 Å². The average molecular weight is 406 g/mol. The van der Waals surface area contributed by atoms with Crippen molar-refractivity contribution < 1.29 is 0 Å². The van der Waals surface area contributed by atoms with Crippen molar-refractivity contribution in [2.24, 2.45) is 10.2 Å². The maximum atomic E-state index is 4.50. The van der Waals surface area contributed by atoms with E-state index in [9.17, 15) is 0 Å². The fourth-order valence-electron chi connectivity index (χ4n) is 3.40. The summed E-state index contributed by atoms with van der Waals surface area (Å²) in [6, 6.07) is 21.0. The van der Waals surface area contributed by atoms with Crippen LogP contribution in [0.3, 0.4) is 0 Å². The highest BCUT2D eigenvalue weighted by atomic mass is 79.9. The Labute approximate surface area is 162 Å². The number of azo groups is 1. The molecule has 0 N–H and O–H groups in total. The largest absolute Gasteiger partial charge is 0.363 e. The molecule has 1 heterocycles. The van der Waals surface area contributed by atoms with Crippen molar-refractivity contribution in [1.82, 2.24) is 0 Å². The van der Waals surface area contributed by atoms with Crippen LogP contribution >= 0.6 is 15.9 Å². The van der Waals surface area contributed by atoms with Gasteiger partial charge in [0.2, 0.25) is 0 Å². The predicted molar refractivity (Wildman–Crippen MR) is 111 cm³/mol. The predicted octanol–water partition coefficient (Wildman–Crippen LogP) is 7.00. The molecule has 0 atom stereocenters. The van der Waals surface area contributed by atoms with Crippen LogP contribution in [0.2, 0.25) is 0 Å². The van der Waals surface area contributed by atoms with Crippen LogP contribution in [-0.4, -0.2) is 0 Å². The van der Waals surface area contributed by atoms with E-state index in [1.807, 2.05) is 24.3 Å². The number of rotatable bonds is 3. The first-order chi connectivity index (χ1) is 12.6. The molecule has 3 aromatic carbocycles. The number of nitrogens with zero attached hydrogens (tertiary/aromatic N) is 3. The van der Waals surface area contributed by atoms with Crippen LogP contribution in [0.4, 0.5) is 17.1 Å². The zero-order valence-electron chi connectivity index (χ0n) is 14.9. The lowest BCUT2D eigenvalue weighted by Crippen LogP contribution is -2.14. The maximum absolute atomic E-state index is 4.50. The number of anilines is 1. The van der Waals surface area contributed by atoms with E-state index in [4.69, 9.17) is 0 Å². The van der Waals surface area contributed by atoms with E-state index >= 15 is 0 Å². The smallest absolute Gasteiger partial charge is 0.0916 e. The summed E-state index contributed by atoms with van der Waals surface area (Å²) in [5, 5.41) is 8.89. The second kappa shape index (κ2) is 7.04. The molecule has 0 saturated carbocycles. The minimum absolute atomic E-state index is 0.853. The van der Waals surface area contributed by atoms with E-state index in [0.717, 1.165) is 40.1 Å². The first kappa shape index (κ1) is 17.0. The van der Waals surface area contributed by atoms with Crippen LogP contribution in [0.25, 0.3) is 0 Å². The molecule has 3 aromatic rings. The summed E-state index contributed by atoms with van der Waals surface area (Å²) in [5.41, 5.74) is 8.19. The lowest BCUT2D eigenvalue weighted by molar-refractivity contribution is 0.878. The van der Waals surface area contributed by atoms with Crippen molar-refractivity contribution in [3.63, 3.8) is 0 Å². The van der Waals surface area contributed by atoms with Gasteiger partial charge < -0.3 is 4.90 Å². The van der Waals surface area contributed by atoms with Crippen molar-refractivity contribution in [3.05, 3.63) is 87.4 Å². The molecule has 0 aliphatic carbocycles. The lowest BCUT2D eigenvalue weighted by Gasteiger charge is -2.20. The molecule has 0 amide bonds. The SMILES string of the molecule is Cc1cc(N2Cc3ccccc3C2)cc(C)c1N=Nc1ccc(Br)cc1. The Kier molecular flexibility index (Phi) is 4.60. The minimum atomic E-state index is 0.853. The molecule has 4 rings (SSSR count). The van der Waals surface area contributed by atoms with Crippen LogP contribution in [0.1, 0.15) is 22.3 Å². The van der Waals surface area contributed by atoms with Crippen molar-refractivity contribution in [2.75, 3.05) is 4.90 Å². The molecule has 1 aliphatic rings. The van der Waals surface area contributed by atoms with E-state index in [-0.39, 0.29) is 0 Å². The van der Waals surface area contributed by atoms with Gasteiger partial charge in [0, 0.05) is 23.2 Å². The monoisotopic (exact) mass is 405 g/mol. The van der Waals surface area contributed by atoms with Gasteiger partial charge in [-0.15, -0.1) is 0 Å². The van der Waals surface area contributed by atoms with Crippen LogP contribution in [0.15, 0.2) is 75.4 Å². The molecule has 3 nitrogen and oxygen atoms in total. The zero-order chi connectivity index (χ0) is 18.1. The fourth-order valence-corrected chi connectivity index (χ4v) is 3.67. The highest BCUT2D eigenvalue weighted by molar-refractivity contribution is 9.10. The molecular formula is C22H20BrN3. The average Bonchev–Trinajstić information content (AvgIpc) is 3.06. The van der Waals surface area contributed by atoms with Gasteiger partial charge in [-0.1, -0.05) is 40.2 Å². The number of hydrogen-bond donors (Lipinski definition) is 0. The van der Waals surface area contributed by atoms with E-state index in [1.165, 1.54) is 16.8 Å². The van der Waals surface area contributed by atoms with Crippen LogP contribution in [0.5, 0.6) is 0 Å². The first-order valence-corrected chi connectivity index (χ1v) is 9.50. The van der Waals surface area contributed by atoms with Gasteiger partial charge >= 0.3 is 0 Å². The van der Waals surface area contributed by atoms with Crippen molar-refractivity contribution in [2.45, 2.75) is 26.9 Å². The third-order valence-corrected chi connectivity index (χ3v) is 5.30. The highest BCUT2D eigenvalue weighted by Crippen LogP contribution is 2.34. The second-order valence-electron chi connectivity index (χ2n) is 6.73. The van der Waals surface area contributed by atoms with Gasteiger partial charge in [0.15, 0.2) is 0 Å². The van der Waals surface area contributed by atoms with Gasteiger partial charge in [0.1, 0.15) is 0 Å². The molecule has 0 aromatic heterocycles. The number of fused-ring (bicyclic) bond motifs is 1. The highest BCUT2D eigenvalue weighted by Gasteiger charge is 2.19. The Balaban J connectivity index is 1.59. The Bertz CT molecular complexity index is 929. The Morgan fingerprint density at radius 2 is 1.38 bits per heavy atom. The summed E-state index contributed by atoms with van der Waals surface area (Å²) in [6.07, 6.45) is 0. The summed E-state index contributed by atoms with van der Waals surface area (Å²) >= 11 is 3.44. The molecule has 26 heavy (non-hydrogen) atoms. The summed E-state index contributed by atoms with van der Waals surface area (Å²) in [4.78, 5) is 2.42. The quantitative estimate of drug-likeness (QED) is 0.430. The third-order valence-electron chi connectivity index (χ3n) is 4.77. The molecule has 4 heteroatoms. The Morgan fingerprint density at radius 3 is 1.96 bits per heavy atom. The molecular weight excluding hydrogens is 386 g/mol. The van der Waals surface area contributed by atoms with Gasteiger partial charge in [0.25, 0.3) is 0 Å². The Morgan fingerprint density at radius 1 is 0.808 bits per heavy atom. The lowest BCUT2D eigenvalue weighted by atomic mass is 10.1. The number of halogens is 1. The minimum Gasteiger partial charge on any atom is -0.363 e. The molecule has 0 saturated heterocycles. The normalized spacial score (nSPS) is 13.4. The second-order valence-corrected chi connectivity index (χ2v) is 7.65. The van der Waals surface area contributed by atoms with Crippen molar-refractivity contribution in [3.8, 4) is 0 Å². The van der Waals surface area contributed by atoms with Crippen LogP contribution in [-0.2, 0) is 13.1 Å². The maximum Gasteiger partial charge on any atom is 0.0916 e. The van der Waals surface area contributed by atoms with Crippen LogP contribution < -0.4 is 4.90 Å². The Hall–Kier alpha value is -2.46. The van der Waals surface area contributed by atoms with E-state index in [0.29, 0.717) is 0 Å². The van der Waals surface area contributed by atoms with E-state index in [2.05, 4.69) is 81.3 Å². The number of aryl methyl sites for hydroxylation is 2. The zero-order valence-corrected chi connectivity index (χ0v) is 16.5. The van der Waals surface area contributed by atoms with Gasteiger partial charge in [-0.25, -0.2) is 0 Å². The number of hydrogen-bond acceptors (Lipinski definition) is 3.